The zero-order chi connectivity index (χ0) is 13.2. The Balaban J connectivity index is 1.78. The summed E-state index contributed by atoms with van der Waals surface area (Å²) in [4.78, 5) is 8.08. The maximum Gasteiger partial charge on any atom is 0.256 e. The van der Waals surface area contributed by atoms with Crippen LogP contribution in [0.25, 0.3) is 5.78 Å². The number of hydrogen-bond donors (Lipinski definition) is 0. The van der Waals surface area contributed by atoms with Crippen LogP contribution in [0.5, 0.6) is 5.88 Å². The van der Waals surface area contributed by atoms with Gasteiger partial charge in [-0.2, -0.15) is 19.6 Å². The monoisotopic (exact) mass is 278 g/mol. The molecule has 0 amide bonds. The number of rotatable bonds is 3. The van der Waals surface area contributed by atoms with Gasteiger partial charge in [0.15, 0.2) is 0 Å². The molecule has 3 rings (SSSR count). The summed E-state index contributed by atoms with van der Waals surface area (Å²) in [5, 5.41) is 4.46. The molecule has 0 saturated carbocycles. The van der Waals surface area contributed by atoms with Crippen molar-refractivity contribution in [1.29, 1.82) is 0 Å². The third-order valence-corrected chi connectivity index (χ3v) is 3.74. The van der Waals surface area contributed by atoms with Gasteiger partial charge in [-0.05, 0) is 24.7 Å². The average molecular weight is 279 g/mol. The summed E-state index contributed by atoms with van der Waals surface area (Å²) in [7, 11) is 0. The molecule has 0 aromatic carbocycles. The minimum Gasteiger partial charge on any atom is -0.477 e. The van der Waals surface area contributed by atoms with E-state index in [4.69, 9.17) is 16.3 Å². The number of fused-ring (bicyclic) bond motifs is 1. The van der Waals surface area contributed by atoms with E-state index in [1.54, 1.807) is 10.6 Å². The highest BCUT2D eigenvalue weighted by Gasteiger charge is 2.19. The first-order valence-corrected chi connectivity index (χ1v) is 6.76. The van der Waals surface area contributed by atoms with Gasteiger partial charge < -0.3 is 4.74 Å². The lowest BCUT2D eigenvalue weighted by Crippen LogP contribution is -2.21. The Morgan fingerprint density at radius 1 is 1.42 bits per heavy atom. The second kappa shape index (κ2) is 5.17. The lowest BCUT2D eigenvalue weighted by molar-refractivity contribution is 0.189. The summed E-state index contributed by atoms with van der Waals surface area (Å²) in [5.41, 5.74) is 0. The fourth-order valence-electron chi connectivity index (χ4n) is 2.29. The third-order valence-electron chi connectivity index (χ3n) is 3.55. The van der Waals surface area contributed by atoms with E-state index in [0.29, 0.717) is 35.3 Å². The Kier molecular flexibility index (Phi) is 3.38. The van der Waals surface area contributed by atoms with E-state index in [2.05, 4.69) is 34.1 Å². The molecule has 2 aromatic heterocycles. The van der Waals surface area contributed by atoms with Crippen LogP contribution in [0.1, 0.15) is 19.8 Å². The van der Waals surface area contributed by atoms with E-state index >= 15 is 0 Å². The molecule has 1 aliphatic rings. The van der Waals surface area contributed by atoms with Crippen LogP contribution >= 0.6 is 11.6 Å². The van der Waals surface area contributed by atoms with Crippen LogP contribution in [0.4, 0.5) is 0 Å². The van der Waals surface area contributed by atoms with Gasteiger partial charge in [0.1, 0.15) is 11.5 Å². The number of hydrogen-bond acceptors (Lipinski definition) is 4. The molecular formula is C13H15ClN4O. The Labute approximate surface area is 116 Å². The number of halogens is 1. The van der Waals surface area contributed by atoms with Crippen LogP contribution in [0.3, 0.4) is 0 Å². The molecule has 6 heteroatoms. The van der Waals surface area contributed by atoms with Crippen molar-refractivity contribution < 1.29 is 4.74 Å². The second-order valence-electron chi connectivity index (χ2n) is 4.88. The molecule has 0 radical (unpaired) electrons. The van der Waals surface area contributed by atoms with E-state index in [-0.39, 0.29) is 0 Å². The molecule has 2 heterocycles. The van der Waals surface area contributed by atoms with E-state index in [1.165, 1.54) is 6.33 Å². The van der Waals surface area contributed by atoms with Crippen molar-refractivity contribution in [3.63, 3.8) is 0 Å². The highest BCUT2D eigenvalue weighted by molar-refractivity contribution is 6.29. The summed E-state index contributed by atoms with van der Waals surface area (Å²) in [6.45, 7) is 2.91. The Hall–Kier alpha value is -1.62. The molecule has 2 unspecified atom stereocenters. The quantitative estimate of drug-likeness (QED) is 0.640. The van der Waals surface area contributed by atoms with Gasteiger partial charge in [0.2, 0.25) is 5.88 Å². The number of allylic oxidation sites excluding steroid dienone is 2. The van der Waals surface area contributed by atoms with Crippen LogP contribution in [0.2, 0.25) is 5.15 Å². The van der Waals surface area contributed by atoms with Gasteiger partial charge in [0, 0.05) is 6.07 Å². The van der Waals surface area contributed by atoms with Gasteiger partial charge in [-0.1, -0.05) is 30.7 Å². The summed E-state index contributed by atoms with van der Waals surface area (Å²) >= 11 is 5.95. The molecule has 0 spiro atoms. The fraction of sp³-hybridized carbons (Fsp3) is 0.462. The normalized spacial score (nSPS) is 22.8. The fourth-order valence-corrected chi connectivity index (χ4v) is 2.46. The predicted octanol–water partition coefficient (Wildman–Crippen LogP) is 2.76. The van der Waals surface area contributed by atoms with E-state index in [9.17, 15) is 0 Å². The van der Waals surface area contributed by atoms with Crippen LogP contribution in [0, 0.1) is 11.8 Å². The van der Waals surface area contributed by atoms with Crippen molar-refractivity contribution in [3.8, 4) is 5.88 Å². The average Bonchev–Trinajstić information content (AvgIpc) is 2.85. The molecule has 0 saturated heterocycles. The SMILES string of the molecule is CC1CC=CCC1COc1cc(Cl)nc2ncnn12. The smallest absolute Gasteiger partial charge is 0.256 e. The van der Waals surface area contributed by atoms with Gasteiger partial charge in [0.25, 0.3) is 5.78 Å². The van der Waals surface area contributed by atoms with Crippen LogP contribution in [-0.4, -0.2) is 26.2 Å². The zero-order valence-corrected chi connectivity index (χ0v) is 11.4. The summed E-state index contributed by atoms with van der Waals surface area (Å²) in [5.74, 6) is 2.21. The van der Waals surface area contributed by atoms with Crippen molar-refractivity contribution in [2.24, 2.45) is 11.8 Å². The minimum atomic E-state index is 0.368. The van der Waals surface area contributed by atoms with E-state index in [0.717, 1.165) is 12.8 Å². The van der Waals surface area contributed by atoms with Crippen LogP contribution in [-0.2, 0) is 0 Å². The molecule has 2 atom stereocenters. The molecular weight excluding hydrogens is 264 g/mol. The van der Waals surface area contributed by atoms with E-state index < -0.39 is 0 Å². The highest BCUT2D eigenvalue weighted by Crippen LogP contribution is 2.26. The largest absolute Gasteiger partial charge is 0.477 e. The molecule has 0 aliphatic heterocycles. The molecule has 5 nitrogen and oxygen atoms in total. The standard InChI is InChI=1S/C13H15ClN4O/c1-9-4-2-3-5-10(9)7-19-12-6-11(14)17-13-15-8-16-18(12)13/h2-3,6,8-10H,4-5,7H2,1H3. The van der Waals surface area contributed by atoms with Crippen molar-refractivity contribution in [2.45, 2.75) is 19.8 Å². The molecule has 2 aromatic rings. The number of aromatic nitrogens is 4. The van der Waals surface area contributed by atoms with Crippen LogP contribution in [0.15, 0.2) is 24.5 Å². The van der Waals surface area contributed by atoms with Crippen molar-refractivity contribution in [3.05, 3.63) is 29.7 Å². The molecule has 0 N–H and O–H groups in total. The number of nitrogens with zero attached hydrogens (tertiary/aromatic N) is 4. The highest BCUT2D eigenvalue weighted by atomic mass is 35.5. The molecule has 0 bridgehead atoms. The van der Waals surface area contributed by atoms with Crippen molar-refractivity contribution in [1.82, 2.24) is 19.6 Å². The van der Waals surface area contributed by atoms with Gasteiger partial charge in [-0.15, -0.1) is 0 Å². The molecule has 100 valence electrons. The van der Waals surface area contributed by atoms with Gasteiger partial charge in [-0.3, -0.25) is 0 Å². The first-order valence-electron chi connectivity index (χ1n) is 6.38. The third kappa shape index (κ3) is 2.56. The first kappa shape index (κ1) is 12.4. The number of ether oxygens (including phenoxy) is 1. The van der Waals surface area contributed by atoms with Gasteiger partial charge >= 0.3 is 0 Å². The zero-order valence-electron chi connectivity index (χ0n) is 10.7. The lowest BCUT2D eigenvalue weighted by Gasteiger charge is -2.25. The summed E-state index contributed by atoms with van der Waals surface area (Å²) < 4.78 is 7.44. The first-order chi connectivity index (χ1) is 9.24. The summed E-state index contributed by atoms with van der Waals surface area (Å²) in [6.07, 6.45) is 8.07. The second-order valence-corrected chi connectivity index (χ2v) is 5.27. The Morgan fingerprint density at radius 3 is 3.11 bits per heavy atom. The van der Waals surface area contributed by atoms with Crippen molar-refractivity contribution >= 4 is 17.4 Å². The predicted molar refractivity (Wildman–Crippen MR) is 72.3 cm³/mol. The minimum absolute atomic E-state index is 0.368. The van der Waals surface area contributed by atoms with Gasteiger partial charge in [0.05, 0.1) is 6.61 Å². The Bertz CT molecular complexity index is 610. The maximum atomic E-state index is 5.95. The lowest BCUT2D eigenvalue weighted by atomic mass is 9.85. The van der Waals surface area contributed by atoms with E-state index in [1.807, 2.05) is 0 Å². The topological polar surface area (TPSA) is 52.3 Å². The maximum absolute atomic E-state index is 5.95. The van der Waals surface area contributed by atoms with Gasteiger partial charge in [-0.25, -0.2) is 0 Å². The van der Waals surface area contributed by atoms with Crippen LogP contribution < -0.4 is 4.74 Å². The molecule has 0 fully saturated rings. The summed E-state index contributed by atoms with van der Waals surface area (Å²) in [6, 6.07) is 1.67. The molecule has 1 aliphatic carbocycles. The molecule has 19 heavy (non-hydrogen) atoms. The Morgan fingerprint density at radius 2 is 2.26 bits per heavy atom. The van der Waals surface area contributed by atoms with Crippen molar-refractivity contribution in [2.75, 3.05) is 6.61 Å².